The molecule has 0 aliphatic heterocycles. The van der Waals surface area contributed by atoms with Crippen molar-refractivity contribution in [3.8, 4) is 0 Å². The molecular weight excluding hydrogens is 264 g/mol. The van der Waals surface area contributed by atoms with E-state index in [1.165, 1.54) is 44.9 Å². The van der Waals surface area contributed by atoms with Crippen LogP contribution in [0.15, 0.2) is 0 Å². The highest BCUT2D eigenvalue weighted by Gasteiger charge is 2.15. The number of unbranched alkanes of at least 4 members (excludes halogenated alkanes) is 4. The molecule has 0 bridgehead atoms. The second-order valence-electron chi connectivity index (χ2n) is 6.17. The number of hydrogen-bond donors (Lipinski definition) is 2. The van der Waals surface area contributed by atoms with Gasteiger partial charge in [0.1, 0.15) is 0 Å². The Bertz CT molecular complexity index is 299. The molecule has 0 aromatic carbocycles. The van der Waals surface area contributed by atoms with Gasteiger partial charge in [-0.15, -0.1) is 0 Å². The summed E-state index contributed by atoms with van der Waals surface area (Å²) in [5.41, 5.74) is 0. The highest BCUT2D eigenvalue weighted by molar-refractivity contribution is 5.83. The van der Waals surface area contributed by atoms with Gasteiger partial charge in [-0.1, -0.05) is 51.9 Å². The van der Waals surface area contributed by atoms with Crippen molar-refractivity contribution >= 4 is 11.8 Å². The zero-order chi connectivity index (χ0) is 15.3. The molecule has 1 aliphatic carbocycles. The molecule has 0 unspecified atom stereocenters. The Morgan fingerprint density at radius 3 is 2.29 bits per heavy atom. The van der Waals surface area contributed by atoms with E-state index in [1.807, 2.05) is 0 Å². The van der Waals surface area contributed by atoms with Gasteiger partial charge in [-0.25, -0.2) is 0 Å². The van der Waals surface area contributed by atoms with Crippen LogP contribution >= 0.6 is 0 Å². The number of hydrogen-bond acceptors (Lipinski definition) is 2. The van der Waals surface area contributed by atoms with Crippen molar-refractivity contribution in [1.29, 1.82) is 0 Å². The minimum atomic E-state index is 0.00397. The summed E-state index contributed by atoms with van der Waals surface area (Å²) in [5, 5.41) is 5.95. The smallest absolute Gasteiger partial charge is 0.220 e. The first-order valence-corrected chi connectivity index (χ1v) is 8.78. The summed E-state index contributed by atoms with van der Waals surface area (Å²) in [6.45, 7) is 2.94. The zero-order valence-corrected chi connectivity index (χ0v) is 13.6. The van der Waals surface area contributed by atoms with Crippen molar-refractivity contribution in [2.45, 2.75) is 90.0 Å². The van der Waals surface area contributed by atoms with Gasteiger partial charge in [0.05, 0.1) is 0 Å². The van der Waals surface area contributed by atoms with Gasteiger partial charge < -0.3 is 10.6 Å². The third kappa shape index (κ3) is 9.48. The van der Waals surface area contributed by atoms with Gasteiger partial charge in [-0.2, -0.15) is 0 Å². The summed E-state index contributed by atoms with van der Waals surface area (Å²) in [4.78, 5) is 23.4. The average molecular weight is 296 g/mol. The van der Waals surface area contributed by atoms with Crippen LogP contribution in [0.5, 0.6) is 0 Å². The highest BCUT2D eigenvalue weighted by Crippen LogP contribution is 2.17. The maximum absolute atomic E-state index is 11.8. The molecule has 21 heavy (non-hydrogen) atoms. The zero-order valence-electron chi connectivity index (χ0n) is 13.6. The molecule has 4 nitrogen and oxygen atoms in total. The SMILES string of the molecule is CCCCCCCNC(=O)CCC(=O)NC1CCCCC1. The molecule has 0 saturated heterocycles. The largest absolute Gasteiger partial charge is 0.356 e. The summed E-state index contributed by atoms with van der Waals surface area (Å²) in [7, 11) is 0. The Balaban J connectivity index is 1.97. The van der Waals surface area contributed by atoms with E-state index < -0.39 is 0 Å². The first-order chi connectivity index (χ1) is 10.2. The lowest BCUT2D eigenvalue weighted by atomic mass is 9.95. The summed E-state index contributed by atoms with van der Waals surface area (Å²) in [5.74, 6) is 0.0317. The predicted octanol–water partition coefficient (Wildman–Crippen LogP) is 3.30. The van der Waals surface area contributed by atoms with E-state index in [9.17, 15) is 9.59 Å². The first-order valence-electron chi connectivity index (χ1n) is 8.78. The summed E-state index contributed by atoms with van der Waals surface area (Å²) >= 11 is 0. The molecule has 2 N–H and O–H groups in total. The van der Waals surface area contributed by atoms with E-state index in [-0.39, 0.29) is 11.8 Å². The lowest BCUT2D eigenvalue weighted by Crippen LogP contribution is -2.36. The molecule has 0 atom stereocenters. The Morgan fingerprint density at radius 1 is 0.905 bits per heavy atom. The van der Waals surface area contributed by atoms with Crippen LogP contribution in [0, 0.1) is 0 Å². The van der Waals surface area contributed by atoms with Crippen molar-refractivity contribution < 1.29 is 9.59 Å². The fourth-order valence-corrected chi connectivity index (χ4v) is 2.82. The average Bonchev–Trinajstić information content (AvgIpc) is 2.50. The minimum absolute atomic E-state index is 0.00397. The molecule has 1 aliphatic rings. The number of rotatable bonds is 10. The normalized spacial score (nSPS) is 15.7. The Hall–Kier alpha value is -1.06. The van der Waals surface area contributed by atoms with Gasteiger partial charge in [-0.3, -0.25) is 9.59 Å². The molecule has 1 rings (SSSR count). The van der Waals surface area contributed by atoms with Gasteiger partial charge in [-0.05, 0) is 19.3 Å². The molecule has 4 heteroatoms. The van der Waals surface area contributed by atoms with Crippen LogP contribution in [0.2, 0.25) is 0 Å². The van der Waals surface area contributed by atoms with Crippen LogP contribution in [-0.2, 0) is 9.59 Å². The summed E-state index contributed by atoms with van der Waals surface area (Å²) in [6.07, 6.45) is 12.5. The quantitative estimate of drug-likeness (QED) is 0.608. The van der Waals surface area contributed by atoms with Gasteiger partial charge in [0.25, 0.3) is 0 Å². The molecule has 0 aromatic heterocycles. The molecule has 122 valence electrons. The Labute approximate surface area is 129 Å². The predicted molar refractivity (Wildman–Crippen MR) is 86.0 cm³/mol. The topological polar surface area (TPSA) is 58.2 Å². The number of nitrogens with one attached hydrogen (secondary N) is 2. The van der Waals surface area contributed by atoms with Gasteiger partial charge >= 0.3 is 0 Å². The van der Waals surface area contributed by atoms with E-state index in [0.717, 1.165) is 25.8 Å². The molecule has 0 aromatic rings. The monoisotopic (exact) mass is 296 g/mol. The molecule has 2 amide bonds. The van der Waals surface area contributed by atoms with Crippen molar-refractivity contribution in [3.63, 3.8) is 0 Å². The van der Waals surface area contributed by atoms with Crippen molar-refractivity contribution in [3.05, 3.63) is 0 Å². The van der Waals surface area contributed by atoms with Crippen LogP contribution in [0.25, 0.3) is 0 Å². The van der Waals surface area contributed by atoms with Gasteiger partial charge in [0.2, 0.25) is 11.8 Å². The van der Waals surface area contributed by atoms with Crippen molar-refractivity contribution in [1.82, 2.24) is 10.6 Å². The molecule has 0 radical (unpaired) electrons. The fraction of sp³-hybridized carbons (Fsp3) is 0.882. The third-order valence-electron chi connectivity index (χ3n) is 4.15. The van der Waals surface area contributed by atoms with E-state index in [0.29, 0.717) is 18.9 Å². The van der Waals surface area contributed by atoms with Gasteiger partial charge in [0, 0.05) is 25.4 Å². The van der Waals surface area contributed by atoms with E-state index in [2.05, 4.69) is 17.6 Å². The second-order valence-corrected chi connectivity index (χ2v) is 6.17. The Morgan fingerprint density at radius 2 is 1.57 bits per heavy atom. The number of carbonyl (C=O) groups excluding carboxylic acids is 2. The van der Waals surface area contributed by atoms with Crippen LogP contribution < -0.4 is 10.6 Å². The molecule has 1 saturated carbocycles. The first kappa shape index (κ1) is 18.0. The second kappa shape index (κ2) is 11.6. The summed E-state index contributed by atoms with van der Waals surface area (Å²) in [6, 6.07) is 0.341. The molecular formula is C17H32N2O2. The standard InChI is InChI=1S/C17H32N2O2/c1-2-3-4-5-9-14-18-16(20)12-13-17(21)19-15-10-7-6-8-11-15/h15H,2-14H2,1H3,(H,18,20)(H,19,21). The highest BCUT2D eigenvalue weighted by atomic mass is 16.2. The maximum Gasteiger partial charge on any atom is 0.220 e. The fourth-order valence-electron chi connectivity index (χ4n) is 2.82. The summed E-state index contributed by atoms with van der Waals surface area (Å²) < 4.78 is 0. The minimum Gasteiger partial charge on any atom is -0.356 e. The molecule has 0 heterocycles. The van der Waals surface area contributed by atoms with E-state index in [4.69, 9.17) is 0 Å². The lowest BCUT2D eigenvalue weighted by Gasteiger charge is -2.22. The van der Waals surface area contributed by atoms with Gasteiger partial charge in [0.15, 0.2) is 0 Å². The van der Waals surface area contributed by atoms with Crippen LogP contribution in [-0.4, -0.2) is 24.4 Å². The van der Waals surface area contributed by atoms with Crippen LogP contribution in [0.1, 0.15) is 84.0 Å². The molecule has 1 fully saturated rings. The third-order valence-corrected chi connectivity index (χ3v) is 4.15. The van der Waals surface area contributed by atoms with Crippen molar-refractivity contribution in [2.75, 3.05) is 6.54 Å². The van der Waals surface area contributed by atoms with Crippen LogP contribution in [0.4, 0.5) is 0 Å². The number of carbonyl (C=O) groups is 2. The lowest BCUT2D eigenvalue weighted by molar-refractivity contribution is -0.126. The van der Waals surface area contributed by atoms with Crippen LogP contribution in [0.3, 0.4) is 0 Å². The Kier molecular flexibility index (Phi) is 9.92. The number of amides is 2. The maximum atomic E-state index is 11.8. The molecule has 0 spiro atoms. The van der Waals surface area contributed by atoms with Crippen molar-refractivity contribution in [2.24, 2.45) is 0 Å². The van der Waals surface area contributed by atoms with E-state index >= 15 is 0 Å². The van der Waals surface area contributed by atoms with E-state index in [1.54, 1.807) is 0 Å².